The van der Waals surface area contributed by atoms with Crippen LogP contribution in [0.4, 0.5) is 0 Å². The van der Waals surface area contributed by atoms with Crippen LogP contribution in [0.25, 0.3) is 21.1 Å². The van der Waals surface area contributed by atoms with Crippen LogP contribution in [0.3, 0.4) is 0 Å². The van der Waals surface area contributed by atoms with Crippen LogP contribution in [0.15, 0.2) is 54.7 Å². The van der Waals surface area contributed by atoms with Crippen molar-refractivity contribution in [3.8, 4) is 0 Å². The number of Topliss-reactive ketones (excluding diaryl/α,β-unsaturated/α-hetero) is 1. The number of aromatic nitrogens is 2. The Morgan fingerprint density at radius 1 is 1.14 bits per heavy atom. The van der Waals surface area contributed by atoms with E-state index in [1.165, 1.54) is 14.6 Å². The fraction of sp³-hybridized carbons (Fsp3) is 0.304. The molecule has 4 aromatic rings. The van der Waals surface area contributed by atoms with Gasteiger partial charge < -0.3 is 9.88 Å². The molecule has 1 fully saturated rings. The number of piperidine rings is 1. The lowest BCUT2D eigenvalue weighted by Gasteiger charge is -2.31. The maximum atomic E-state index is 13.1. The molecule has 0 aliphatic carbocycles. The number of likely N-dealkylation sites (tertiary alicyclic amines) is 1. The molecular weight excluding hydrogens is 366 g/mol. The van der Waals surface area contributed by atoms with Gasteiger partial charge in [-0.15, -0.1) is 11.3 Å². The van der Waals surface area contributed by atoms with Crippen LogP contribution in [0.2, 0.25) is 0 Å². The Labute approximate surface area is 168 Å². The van der Waals surface area contributed by atoms with Crippen molar-refractivity contribution in [1.82, 2.24) is 9.97 Å². The summed E-state index contributed by atoms with van der Waals surface area (Å²) in [5.74, 6) is 0.766. The Kier molecular flexibility index (Phi) is 4.49. The van der Waals surface area contributed by atoms with Crippen molar-refractivity contribution in [2.45, 2.75) is 31.7 Å². The Morgan fingerprint density at radius 2 is 1.89 bits per heavy atom. The van der Waals surface area contributed by atoms with Crippen LogP contribution >= 0.6 is 11.3 Å². The number of thiazole rings is 1. The summed E-state index contributed by atoms with van der Waals surface area (Å²) in [6.07, 6.45) is 4.07. The Morgan fingerprint density at radius 3 is 2.71 bits per heavy atom. The zero-order chi connectivity index (χ0) is 19.1. The molecule has 0 unspecified atom stereocenters. The van der Waals surface area contributed by atoms with Crippen molar-refractivity contribution in [3.05, 3.63) is 65.3 Å². The molecule has 0 amide bonds. The normalized spacial score (nSPS) is 21.2. The highest BCUT2D eigenvalue weighted by Gasteiger charge is 2.33. The fourth-order valence-electron chi connectivity index (χ4n) is 4.43. The lowest BCUT2D eigenvalue weighted by atomic mass is 9.94. The average molecular weight is 391 g/mol. The number of quaternary nitrogens is 1. The standard InChI is InChI=1S/C23H23N3OS/c1-15(22(27)18-14-24-19-7-3-2-6-17(18)19)26-12-10-16(11-13-26)23-25-20-8-4-5-9-21(20)28-23/h2-9,14-16,24H,10-13H2,1H3/p+1/t15-/m1/s1. The minimum absolute atomic E-state index is 0.0180. The van der Waals surface area contributed by atoms with Gasteiger partial charge in [-0.3, -0.25) is 4.79 Å². The molecule has 28 heavy (non-hydrogen) atoms. The summed E-state index contributed by atoms with van der Waals surface area (Å²) in [6, 6.07) is 16.4. The summed E-state index contributed by atoms with van der Waals surface area (Å²) in [6.45, 7) is 4.13. The molecule has 0 bridgehead atoms. The highest BCUT2D eigenvalue weighted by molar-refractivity contribution is 7.18. The molecule has 1 aliphatic heterocycles. The largest absolute Gasteiger partial charge is 0.360 e. The maximum absolute atomic E-state index is 13.1. The minimum Gasteiger partial charge on any atom is -0.360 e. The summed E-state index contributed by atoms with van der Waals surface area (Å²) in [7, 11) is 0. The van der Waals surface area contributed by atoms with Crippen LogP contribution < -0.4 is 4.90 Å². The van der Waals surface area contributed by atoms with Crippen LogP contribution in [0, 0.1) is 0 Å². The Bertz CT molecular complexity index is 1100. The molecule has 1 saturated heterocycles. The van der Waals surface area contributed by atoms with Gasteiger partial charge in [-0.25, -0.2) is 4.98 Å². The van der Waals surface area contributed by atoms with Gasteiger partial charge in [-0.2, -0.15) is 0 Å². The van der Waals surface area contributed by atoms with Crippen molar-refractivity contribution in [2.75, 3.05) is 13.1 Å². The maximum Gasteiger partial charge on any atom is 0.221 e. The van der Waals surface area contributed by atoms with Gasteiger partial charge in [-0.05, 0) is 25.1 Å². The monoisotopic (exact) mass is 390 g/mol. The molecule has 142 valence electrons. The summed E-state index contributed by atoms with van der Waals surface area (Å²) >= 11 is 1.83. The Balaban J connectivity index is 1.29. The van der Waals surface area contributed by atoms with Gasteiger partial charge in [0.2, 0.25) is 5.78 Å². The van der Waals surface area contributed by atoms with E-state index in [0.717, 1.165) is 47.9 Å². The number of ketones is 1. The molecule has 5 rings (SSSR count). The summed E-state index contributed by atoms with van der Waals surface area (Å²) < 4.78 is 1.27. The lowest BCUT2D eigenvalue weighted by Crippen LogP contribution is -3.17. The average Bonchev–Trinajstić information content (AvgIpc) is 3.37. The first-order valence-corrected chi connectivity index (χ1v) is 10.8. The number of nitrogens with zero attached hydrogens (tertiary/aromatic N) is 1. The number of carbonyl (C=O) groups is 1. The van der Waals surface area contributed by atoms with E-state index < -0.39 is 0 Å². The quantitative estimate of drug-likeness (QED) is 0.521. The number of rotatable bonds is 4. The highest BCUT2D eigenvalue weighted by atomic mass is 32.1. The zero-order valence-corrected chi connectivity index (χ0v) is 16.8. The molecule has 1 aliphatic rings. The van der Waals surface area contributed by atoms with E-state index >= 15 is 0 Å². The van der Waals surface area contributed by atoms with E-state index in [1.54, 1.807) is 0 Å². The van der Waals surface area contributed by atoms with Crippen molar-refractivity contribution >= 4 is 38.2 Å². The number of carbonyl (C=O) groups excluding carboxylic acids is 1. The van der Waals surface area contributed by atoms with E-state index in [2.05, 4.69) is 36.2 Å². The van der Waals surface area contributed by atoms with Crippen molar-refractivity contribution < 1.29 is 9.69 Å². The van der Waals surface area contributed by atoms with Crippen molar-refractivity contribution in [1.29, 1.82) is 0 Å². The smallest absolute Gasteiger partial charge is 0.221 e. The van der Waals surface area contributed by atoms with E-state index in [9.17, 15) is 4.79 Å². The van der Waals surface area contributed by atoms with Gasteiger partial charge in [0.05, 0.1) is 28.3 Å². The van der Waals surface area contributed by atoms with Gasteiger partial charge in [0.1, 0.15) is 6.04 Å². The third kappa shape index (κ3) is 3.05. The highest BCUT2D eigenvalue weighted by Crippen LogP contribution is 2.31. The zero-order valence-electron chi connectivity index (χ0n) is 15.9. The number of fused-ring (bicyclic) bond motifs is 2. The number of aromatic amines is 1. The first kappa shape index (κ1) is 17.6. The molecule has 2 aromatic heterocycles. The number of nitrogens with one attached hydrogen (secondary N) is 2. The van der Waals surface area contributed by atoms with Crippen LogP contribution in [-0.2, 0) is 0 Å². The minimum atomic E-state index is -0.0180. The number of hydrogen-bond donors (Lipinski definition) is 2. The van der Waals surface area contributed by atoms with Gasteiger partial charge >= 0.3 is 0 Å². The second-order valence-corrected chi connectivity index (χ2v) is 8.85. The van der Waals surface area contributed by atoms with Crippen molar-refractivity contribution in [3.63, 3.8) is 0 Å². The third-order valence-electron chi connectivity index (χ3n) is 6.15. The van der Waals surface area contributed by atoms with E-state index in [4.69, 9.17) is 4.98 Å². The number of H-pyrrole nitrogens is 1. The predicted octanol–water partition coefficient (Wildman–Crippen LogP) is 3.81. The molecule has 0 saturated carbocycles. The first-order chi connectivity index (χ1) is 13.7. The molecular formula is C23H24N3OS+. The lowest BCUT2D eigenvalue weighted by molar-refractivity contribution is -0.918. The molecule has 0 spiro atoms. The van der Waals surface area contributed by atoms with Crippen LogP contribution in [0.5, 0.6) is 0 Å². The third-order valence-corrected chi connectivity index (χ3v) is 7.35. The molecule has 1 atom stereocenters. The summed E-state index contributed by atoms with van der Waals surface area (Å²) in [5.41, 5.74) is 2.96. The molecule has 4 nitrogen and oxygen atoms in total. The molecule has 2 aromatic carbocycles. The second-order valence-electron chi connectivity index (χ2n) is 7.79. The number of benzene rings is 2. The van der Waals surface area contributed by atoms with Crippen molar-refractivity contribution in [2.24, 2.45) is 0 Å². The van der Waals surface area contributed by atoms with E-state index in [-0.39, 0.29) is 11.8 Å². The van der Waals surface area contributed by atoms with Gasteiger partial charge in [0.15, 0.2) is 0 Å². The van der Waals surface area contributed by atoms with Gasteiger partial charge in [0, 0.05) is 41.4 Å². The second kappa shape index (κ2) is 7.15. The topological polar surface area (TPSA) is 50.2 Å². The summed E-state index contributed by atoms with van der Waals surface area (Å²) in [5, 5.41) is 2.29. The Hall–Kier alpha value is -2.50. The van der Waals surface area contributed by atoms with E-state index in [1.807, 2.05) is 41.8 Å². The SMILES string of the molecule is C[C@H](C(=O)c1c[nH]c2ccccc12)[NH+]1CCC(c2nc3ccccc3s2)CC1. The van der Waals surface area contributed by atoms with E-state index in [0.29, 0.717) is 5.92 Å². The summed E-state index contributed by atoms with van der Waals surface area (Å²) in [4.78, 5) is 22.6. The van der Waals surface area contributed by atoms with Gasteiger partial charge in [-0.1, -0.05) is 30.3 Å². The number of hydrogen-bond acceptors (Lipinski definition) is 3. The predicted molar refractivity (Wildman–Crippen MR) is 114 cm³/mol. The fourth-order valence-corrected chi connectivity index (χ4v) is 5.56. The molecule has 0 radical (unpaired) electrons. The van der Waals surface area contributed by atoms with Gasteiger partial charge in [0.25, 0.3) is 0 Å². The molecule has 3 heterocycles. The molecule has 5 heteroatoms. The first-order valence-electron chi connectivity index (χ1n) is 10.0. The van der Waals surface area contributed by atoms with Crippen LogP contribution in [0.1, 0.15) is 41.0 Å². The number of para-hydroxylation sites is 2. The van der Waals surface area contributed by atoms with Crippen LogP contribution in [-0.4, -0.2) is 34.9 Å². The molecule has 2 N–H and O–H groups in total.